The number of thiophene rings is 1. The van der Waals surface area contributed by atoms with Gasteiger partial charge < -0.3 is 4.74 Å². The van der Waals surface area contributed by atoms with Crippen molar-refractivity contribution < 1.29 is 4.74 Å². The molecule has 0 spiro atoms. The largest absolute Gasteiger partial charge is 0.376 e. The first-order valence-electron chi connectivity index (χ1n) is 9.07. The van der Waals surface area contributed by atoms with Crippen molar-refractivity contribution in [2.45, 2.75) is 32.0 Å². The first kappa shape index (κ1) is 17.7. The zero-order chi connectivity index (χ0) is 19.3. The molecule has 1 saturated heterocycles. The van der Waals surface area contributed by atoms with Crippen molar-refractivity contribution in [3.63, 3.8) is 0 Å². The van der Waals surface area contributed by atoms with Gasteiger partial charge in [0.15, 0.2) is 0 Å². The molecule has 1 fully saturated rings. The quantitative estimate of drug-likeness (QED) is 0.513. The molecule has 1 aliphatic heterocycles. The predicted molar refractivity (Wildman–Crippen MR) is 109 cm³/mol. The summed E-state index contributed by atoms with van der Waals surface area (Å²) in [5.74, 6) is 0.352. The lowest BCUT2D eigenvalue weighted by Gasteiger charge is -2.12. The van der Waals surface area contributed by atoms with Gasteiger partial charge in [0.25, 0.3) is 5.56 Å². The number of aromatic nitrogens is 4. The van der Waals surface area contributed by atoms with E-state index in [-0.39, 0.29) is 17.4 Å². The van der Waals surface area contributed by atoms with Gasteiger partial charge in [-0.2, -0.15) is 0 Å². The zero-order valence-electron chi connectivity index (χ0n) is 14.9. The van der Waals surface area contributed by atoms with Gasteiger partial charge in [0.05, 0.1) is 24.7 Å². The van der Waals surface area contributed by atoms with Crippen LogP contribution in [0.2, 0.25) is 5.02 Å². The molecule has 0 saturated carbocycles. The molecule has 3 aromatic heterocycles. The molecule has 1 atom stereocenters. The third-order valence-corrected chi connectivity index (χ3v) is 6.19. The third kappa shape index (κ3) is 2.88. The smallest absolute Gasteiger partial charge is 0.352 e. The summed E-state index contributed by atoms with van der Waals surface area (Å²) >= 11 is 7.28. The summed E-state index contributed by atoms with van der Waals surface area (Å²) in [7, 11) is 0. The van der Waals surface area contributed by atoms with Crippen molar-refractivity contribution in [3.8, 4) is 0 Å². The molecule has 0 amide bonds. The molecule has 0 unspecified atom stereocenters. The van der Waals surface area contributed by atoms with Crippen LogP contribution in [0.15, 0.2) is 45.3 Å². The molecular formula is C19H17ClN4O3S. The first-order valence-corrected chi connectivity index (χ1v) is 10.3. The topological polar surface area (TPSA) is 70.5 Å². The van der Waals surface area contributed by atoms with Crippen LogP contribution >= 0.6 is 22.9 Å². The molecule has 4 aromatic rings. The Morgan fingerprint density at radius 1 is 1.21 bits per heavy atom. The Balaban J connectivity index is 1.69. The van der Waals surface area contributed by atoms with Crippen molar-refractivity contribution in [2.24, 2.45) is 0 Å². The Hall–Kier alpha value is -2.42. The lowest BCUT2D eigenvalue weighted by molar-refractivity contribution is 0.0969. The maximum Gasteiger partial charge on any atom is 0.352 e. The molecule has 1 aliphatic rings. The van der Waals surface area contributed by atoms with Crippen molar-refractivity contribution >= 4 is 38.9 Å². The molecule has 0 radical (unpaired) electrons. The number of benzene rings is 1. The van der Waals surface area contributed by atoms with Crippen molar-refractivity contribution in [1.29, 1.82) is 0 Å². The van der Waals surface area contributed by atoms with Crippen LogP contribution < -0.4 is 11.2 Å². The predicted octanol–water partition coefficient (Wildman–Crippen LogP) is 2.75. The van der Waals surface area contributed by atoms with Gasteiger partial charge in [-0.15, -0.1) is 16.4 Å². The summed E-state index contributed by atoms with van der Waals surface area (Å²) in [4.78, 5) is 26.2. The fraction of sp³-hybridized carbons (Fsp3) is 0.316. The normalized spacial score (nSPS) is 17.1. The standard InChI is InChI=1S/C19H17ClN4O3S/c20-13-5-3-12(4-6-13)10-23-19(26)24-15-7-9-28-16(15)17(25)22(18(24)21-23)11-14-2-1-8-27-14/h3-7,9,14H,1-2,8,10-11H2/t14-/m1/s1. The zero-order valence-corrected chi connectivity index (χ0v) is 16.4. The average Bonchev–Trinajstić information content (AvgIpc) is 3.42. The molecule has 144 valence electrons. The number of rotatable bonds is 4. The monoisotopic (exact) mass is 416 g/mol. The minimum Gasteiger partial charge on any atom is -0.376 e. The van der Waals surface area contributed by atoms with Crippen LogP contribution in [0.4, 0.5) is 0 Å². The maximum absolute atomic E-state index is 13.1. The summed E-state index contributed by atoms with van der Waals surface area (Å²) in [6, 6.07) is 9.07. The second-order valence-corrected chi connectivity index (χ2v) is 8.24. The van der Waals surface area contributed by atoms with Gasteiger partial charge in [-0.25, -0.2) is 13.9 Å². The Bertz CT molecular complexity index is 1280. The molecular weight excluding hydrogens is 400 g/mol. The van der Waals surface area contributed by atoms with Crippen LogP contribution in [0.1, 0.15) is 18.4 Å². The van der Waals surface area contributed by atoms with E-state index >= 15 is 0 Å². The van der Waals surface area contributed by atoms with E-state index in [0.717, 1.165) is 18.4 Å². The van der Waals surface area contributed by atoms with Gasteiger partial charge in [0, 0.05) is 11.6 Å². The summed E-state index contributed by atoms with van der Waals surface area (Å²) in [6.45, 7) is 1.40. The Labute approximate surface area is 168 Å². The highest BCUT2D eigenvalue weighted by atomic mass is 35.5. The lowest BCUT2D eigenvalue weighted by Crippen LogP contribution is -2.29. The Morgan fingerprint density at radius 3 is 2.79 bits per heavy atom. The van der Waals surface area contributed by atoms with E-state index in [0.29, 0.717) is 40.7 Å². The van der Waals surface area contributed by atoms with E-state index in [4.69, 9.17) is 16.3 Å². The number of ether oxygens (including phenoxy) is 1. The highest BCUT2D eigenvalue weighted by molar-refractivity contribution is 7.17. The lowest BCUT2D eigenvalue weighted by atomic mass is 10.2. The van der Waals surface area contributed by atoms with Gasteiger partial charge in [-0.05, 0) is 42.0 Å². The van der Waals surface area contributed by atoms with Gasteiger partial charge in [0.2, 0.25) is 5.78 Å². The van der Waals surface area contributed by atoms with Crippen LogP contribution in [-0.4, -0.2) is 31.5 Å². The second-order valence-electron chi connectivity index (χ2n) is 6.89. The summed E-state index contributed by atoms with van der Waals surface area (Å²) in [5, 5.41) is 6.97. The Morgan fingerprint density at radius 2 is 2.04 bits per heavy atom. The van der Waals surface area contributed by atoms with E-state index in [2.05, 4.69) is 5.10 Å². The van der Waals surface area contributed by atoms with Gasteiger partial charge in [-0.1, -0.05) is 23.7 Å². The second kappa shape index (κ2) is 6.88. The van der Waals surface area contributed by atoms with Crippen LogP contribution in [-0.2, 0) is 17.8 Å². The van der Waals surface area contributed by atoms with E-state index < -0.39 is 0 Å². The van der Waals surface area contributed by atoms with E-state index in [1.54, 1.807) is 22.8 Å². The fourth-order valence-corrected chi connectivity index (χ4v) is 4.61. The summed E-state index contributed by atoms with van der Waals surface area (Å²) < 4.78 is 10.8. The number of halogens is 1. The molecule has 0 N–H and O–H groups in total. The highest BCUT2D eigenvalue weighted by Crippen LogP contribution is 2.20. The van der Waals surface area contributed by atoms with Crippen molar-refractivity contribution in [2.75, 3.05) is 6.61 Å². The van der Waals surface area contributed by atoms with Gasteiger partial charge in [-0.3, -0.25) is 9.36 Å². The van der Waals surface area contributed by atoms with Crippen LogP contribution in [0, 0.1) is 0 Å². The van der Waals surface area contributed by atoms with Crippen molar-refractivity contribution in [3.05, 3.63) is 67.1 Å². The molecule has 9 heteroatoms. The minimum atomic E-state index is -0.269. The molecule has 4 heterocycles. The molecule has 0 aliphatic carbocycles. The van der Waals surface area contributed by atoms with E-state index in [9.17, 15) is 9.59 Å². The molecule has 5 rings (SSSR count). The van der Waals surface area contributed by atoms with E-state index in [1.165, 1.54) is 20.4 Å². The maximum atomic E-state index is 13.1. The van der Waals surface area contributed by atoms with Gasteiger partial charge in [0.1, 0.15) is 4.70 Å². The van der Waals surface area contributed by atoms with E-state index in [1.807, 2.05) is 17.5 Å². The van der Waals surface area contributed by atoms with Crippen LogP contribution in [0.5, 0.6) is 0 Å². The average molecular weight is 417 g/mol. The third-order valence-electron chi connectivity index (χ3n) is 5.04. The molecule has 1 aromatic carbocycles. The van der Waals surface area contributed by atoms with Gasteiger partial charge >= 0.3 is 5.69 Å². The summed E-state index contributed by atoms with van der Waals surface area (Å²) in [5.41, 5.74) is 1.11. The summed E-state index contributed by atoms with van der Waals surface area (Å²) in [6.07, 6.45) is 1.85. The number of nitrogens with zero attached hydrogens (tertiary/aromatic N) is 4. The van der Waals surface area contributed by atoms with Crippen LogP contribution in [0.25, 0.3) is 16.0 Å². The van der Waals surface area contributed by atoms with Crippen molar-refractivity contribution in [1.82, 2.24) is 18.7 Å². The molecule has 28 heavy (non-hydrogen) atoms. The minimum absolute atomic E-state index is 0.0320. The fourth-order valence-electron chi connectivity index (χ4n) is 3.66. The Kier molecular flexibility index (Phi) is 4.34. The number of hydrogen-bond donors (Lipinski definition) is 0. The van der Waals surface area contributed by atoms with Crippen LogP contribution in [0.3, 0.4) is 0 Å². The number of hydrogen-bond acceptors (Lipinski definition) is 5. The molecule has 7 nitrogen and oxygen atoms in total. The number of fused-ring (bicyclic) bond motifs is 3. The SMILES string of the molecule is O=c1c2sccc2n2c(=O)n(Cc3ccc(Cl)cc3)nc2n1C[C@H]1CCCO1. The first-order chi connectivity index (χ1) is 13.6. The highest BCUT2D eigenvalue weighted by Gasteiger charge is 2.22. The molecule has 0 bridgehead atoms.